The summed E-state index contributed by atoms with van der Waals surface area (Å²) in [5, 5.41) is 0. The van der Waals surface area contributed by atoms with E-state index in [1.807, 2.05) is 0 Å². The first-order valence-corrected chi connectivity index (χ1v) is 5.50. The van der Waals surface area contributed by atoms with Gasteiger partial charge >= 0.3 is 0 Å². The largest absolute Gasteiger partial charge is 0.299 e. The molecule has 76 valence electrons. The van der Waals surface area contributed by atoms with Gasteiger partial charge < -0.3 is 0 Å². The van der Waals surface area contributed by atoms with Crippen molar-refractivity contribution in [3.05, 3.63) is 0 Å². The minimum absolute atomic E-state index is 0.116. The smallest absolute Gasteiger partial charge is 0.141 e. The molecule has 0 bridgehead atoms. The first-order valence-electron chi connectivity index (χ1n) is 5.50. The number of carbonyl (C=O) groups is 1. The van der Waals surface area contributed by atoms with E-state index in [0.717, 1.165) is 12.8 Å². The summed E-state index contributed by atoms with van der Waals surface area (Å²) in [6.45, 7) is 8.48. The van der Waals surface area contributed by atoms with Crippen molar-refractivity contribution in [1.82, 2.24) is 0 Å². The van der Waals surface area contributed by atoms with Gasteiger partial charge in [0.05, 0.1) is 0 Å². The van der Waals surface area contributed by atoms with E-state index in [4.69, 9.17) is 0 Å². The van der Waals surface area contributed by atoms with E-state index < -0.39 is 0 Å². The number of Topliss-reactive ketones (excluding diaryl/α,β-unsaturated/α-hetero) is 1. The molecular formula is C12H22O. The summed E-state index contributed by atoms with van der Waals surface area (Å²) in [6.07, 6.45) is 4.78. The zero-order valence-electron chi connectivity index (χ0n) is 9.39. The summed E-state index contributed by atoms with van der Waals surface area (Å²) in [4.78, 5) is 12.1. The predicted molar refractivity (Wildman–Crippen MR) is 55.6 cm³/mol. The molecule has 0 saturated heterocycles. The maximum absolute atomic E-state index is 12.1. The maximum atomic E-state index is 12.1. The van der Waals surface area contributed by atoms with Gasteiger partial charge in [-0.15, -0.1) is 0 Å². The Morgan fingerprint density at radius 2 is 1.69 bits per heavy atom. The highest BCUT2D eigenvalue weighted by Gasteiger charge is 2.36. The van der Waals surface area contributed by atoms with Crippen LogP contribution in [-0.2, 0) is 4.79 Å². The average Bonchev–Trinajstić information content (AvgIpc) is 2.54. The highest BCUT2D eigenvalue weighted by molar-refractivity contribution is 5.86. The molecule has 0 radical (unpaired) electrons. The zero-order chi connectivity index (χ0) is 10.1. The highest BCUT2D eigenvalue weighted by atomic mass is 16.1. The van der Waals surface area contributed by atoms with Gasteiger partial charge in [0, 0.05) is 11.3 Å². The van der Waals surface area contributed by atoms with Gasteiger partial charge in [0.1, 0.15) is 5.78 Å². The first-order chi connectivity index (χ1) is 5.96. The molecular weight excluding hydrogens is 160 g/mol. The molecule has 0 aromatic rings. The fraction of sp³-hybridized carbons (Fsp3) is 0.917. The molecule has 1 fully saturated rings. The molecule has 0 atom stereocenters. The van der Waals surface area contributed by atoms with Gasteiger partial charge in [0.2, 0.25) is 0 Å². The first kappa shape index (κ1) is 10.7. The van der Waals surface area contributed by atoms with E-state index in [1.54, 1.807) is 0 Å². The minimum Gasteiger partial charge on any atom is -0.299 e. The lowest BCUT2D eigenvalue weighted by Gasteiger charge is -2.30. The molecule has 0 aliphatic heterocycles. The third-order valence-corrected chi connectivity index (χ3v) is 3.80. The summed E-state index contributed by atoms with van der Waals surface area (Å²) in [6, 6.07) is 0. The third kappa shape index (κ3) is 2.12. The molecule has 1 saturated carbocycles. The molecule has 0 spiro atoms. The topological polar surface area (TPSA) is 17.1 Å². The lowest BCUT2D eigenvalue weighted by molar-refractivity contribution is -0.133. The van der Waals surface area contributed by atoms with Gasteiger partial charge in [0.25, 0.3) is 0 Å². The van der Waals surface area contributed by atoms with Gasteiger partial charge in [-0.25, -0.2) is 0 Å². The van der Waals surface area contributed by atoms with Crippen molar-refractivity contribution in [3.8, 4) is 0 Å². The van der Waals surface area contributed by atoms with Gasteiger partial charge in [-0.3, -0.25) is 4.79 Å². The summed E-state index contributed by atoms with van der Waals surface area (Å²) in [5.74, 6) is 1.33. The Morgan fingerprint density at radius 1 is 1.23 bits per heavy atom. The zero-order valence-corrected chi connectivity index (χ0v) is 9.39. The molecule has 0 aromatic carbocycles. The second kappa shape index (κ2) is 3.81. The molecule has 0 amide bonds. The molecule has 0 heterocycles. The van der Waals surface area contributed by atoms with Crippen molar-refractivity contribution in [2.75, 3.05) is 0 Å². The molecule has 1 aliphatic rings. The highest BCUT2D eigenvalue weighted by Crippen LogP contribution is 2.36. The quantitative estimate of drug-likeness (QED) is 0.653. The maximum Gasteiger partial charge on any atom is 0.141 e. The van der Waals surface area contributed by atoms with Crippen LogP contribution in [0.15, 0.2) is 0 Å². The Labute approximate surface area is 81.9 Å². The van der Waals surface area contributed by atoms with E-state index >= 15 is 0 Å². The van der Waals surface area contributed by atoms with Gasteiger partial charge in [-0.05, 0) is 18.8 Å². The van der Waals surface area contributed by atoms with Gasteiger partial charge in [-0.2, -0.15) is 0 Å². The van der Waals surface area contributed by atoms with Crippen LogP contribution in [0.5, 0.6) is 0 Å². The SMILES string of the molecule is CC(C)C(C)(C)C(=O)C1CCCC1. The Morgan fingerprint density at radius 3 is 2.08 bits per heavy atom. The van der Waals surface area contributed by atoms with Crippen molar-refractivity contribution < 1.29 is 4.79 Å². The Bertz CT molecular complexity index is 185. The van der Waals surface area contributed by atoms with Crippen LogP contribution in [0.4, 0.5) is 0 Å². The van der Waals surface area contributed by atoms with E-state index in [-0.39, 0.29) is 5.41 Å². The number of ketones is 1. The van der Waals surface area contributed by atoms with Crippen molar-refractivity contribution in [1.29, 1.82) is 0 Å². The number of hydrogen-bond acceptors (Lipinski definition) is 1. The lowest BCUT2D eigenvalue weighted by Crippen LogP contribution is -2.34. The normalized spacial score (nSPS) is 19.8. The third-order valence-electron chi connectivity index (χ3n) is 3.80. The van der Waals surface area contributed by atoms with Gasteiger partial charge in [-0.1, -0.05) is 40.5 Å². The van der Waals surface area contributed by atoms with Crippen molar-refractivity contribution >= 4 is 5.78 Å². The van der Waals surface area contributed by atoms with E-state index in [2.05, 4.69) is 27.7 Å². The monoisotopic (exact) mass is 182 g/mol. The lowest BCUT2D eigenvalue weighted by atomic mass is 9.73. The summed E-state index contributed by atoms with van der Waals surface area (Å²) < 4.78 is 0. The van der Waals surface area contributed by atoms with Crippen LogP contribution in [0, 0.1) is 17.3 Å². The Hall–Kier alpha value is -0.330. The van der Waals surface area contributed by atoms with Crippen molar-refractivity contribution in [2.24, 2.45) is 17.3 Å². The van der Waals surface area contributed by atoms with Crippen molar-refractivity contribution in [2.45, 2.75) is 53.4 Å². The summed E-state index contributed by atoms with van der Waals surface area (Å²) in [7, 11) is 0. The second-order valence-electron chi connectivity index (χ2n) is 5.22. The molecule has 1 rings (SSSR count). The Kier molecular flexibility index (Phi) is 3.15. The molecule has 0 unspecified atom stereocenters. The molecule has 1 nitrogen and oxygen atoms in total. The van der Waals surface area contributed by atoms with Crippen LogP contribution in [0.25, 0.3) is 0 Å². The van der Waals surface area contributed by atoms with Crippen LogP contribution in [0.2, 0.25) is 0 Å². The number of hydrogen-bond donors (Lipinski definition) is 0. The summed E-state index contributed by atoms with van der Waals surface area (Å²) >= 11 is 0. The molecule has 1 aliphatic carbocycles. The fourth-order valence-corrected chi connectivity index (χ4v) is 2.00. The average molecular weight is 182 g/mol. The summed E-state index contributed by atoms with van der Waals surface area (Å²) in [5.41, 5.74) is -0.116. The fourth-order valence-electron chi connectivity index (χ4n) is 2.00. The second-order valence-corrected chi connectivity index (χ2v) is 5.22. The predicted octanol–water partition coefficient (Wildman–Crippen LogP) is 3.43. The molecule has 13 heavy (non-hydrogen) atoms. The molecule has 0 N–H and O–H groups in total. The van der Waals surface area contributed by atoms with Crippen molar-refractivity contribution in [3.63, 3.8) is 0 Å². The van der Waals surface area contributed by atoms with Crippen LogP contribution in [0.1, 0.15) is 53.4 Å². The number of carbonyl (C=O) groups excluding carboxylic acids is 1. The van der Waals surface area contributed by atoms with Crippen LogP contribution in [0.3, 0.4) is 0 Å². The van der Waals surface area contributed by atoms with Gasteiger partial charge in [0.15, 0.2) is 0 Å². The van der Waals surface area contributed by atoms with Crippen LogP contribution in [-0.4, -0.2) is 5.78 Å². The standard InChI is InChI=1S/C12H22O/c1-9(2)12(3,4)11(13)10-7-5-6-8-10/h9-10H,5-8H2,1-4H3. The van der Waals surface area contributed by atoms with E-state index in [9.17, 15) is 4.79 Å². The number of rotatable bonds is 3. The molecule has 1 heteroatoms. The van der Waals surface area contributed by atoms with Crippen LogP contribution < -0.4 is 0 Å². The van der Waals surface area contributed by atoms with Crippen LogP contribution >= 0.6 is 0 Å². The minimum atomic E-state index is -0.116. The Balaban J connectivity index is 2.64. The van der Waals surface area contributed by atoms with E-state index in [1.165, 1.54) is 12.8 Å². The molecule has 0 aromatic heterocycles. The van der Waals surface area contributed by atoms with E-state index in [0.29, 0.717) is 17.6 Å².